The number of imidazole rings is 1. The average molecular weight is 279 g/mol. The summed E-state index contributed by atoms with van der Waals surface area (Å²) >= 11 is 5.92. The summed E-state index contributed by atoms with van der Waals surface area (Å²) in [6.07, 6.45) is 4.53. The Hall–Kier alpha value is -1.02. The van der Waals surface area contributed by atoms with Crippen molar-refractivity contribution in [2.45, 2.75) is 52.5 Å². The van der Waals surface area contributed by atoms with Crippen molar-refractivity contribution in [2.75, 3.05) is 5.88 Å². The molecule has 0 aliphatic rings. The molecule has 2 rings (SSSR count). The van der Waals surface area contributed by atoms with Gasteiger partial charge in [0.15, 0.2) is 0 Å². The van der Waals surface area contributed by atoms with Crippen LogP contribution in [0.5, 0.6) is 0 Å². The fraction of sp³-hybridized carbons (Fsp3) is 0.562. The van der Waals surface area contributed by atoms with E-state index < -0.39 is 0 Å². The highest BCUT2D eigenvalue weighted by Gasteiger charge is 2.15. The molecule has 1 heterocycles. The Morgan fingerprint density at radius 2 is 2.16 bits per heavy atom. The van der Waals surface area contributed by atoms with E-state index >= 15 is 0 Å². The molecule has 1 aromatic heterocycles. The van der Waals surface area contributed by atoms with E-state index in [1.807, 2.05) is 0 Å². The first-order valence-electron chi connectivity index (χ1n) is 7.20. The van der Waals surface area contributed by atoms with Crippen LogP contribution in [-0.4, -0.2) is 15.4 Å². The van der Waals surface area contributed by atoms with E-state index in [9.17, 15) is 0 Å². The number of benzene rings is 1. The second kappa shape index (κ2) is 6.42. The quantitative estimate of drug-likeness (QED) is 0.689. The zero-order chi connectivity index (χ0) is 13.8. The Morgan fingerprint density at radius 3 is 2.84 bits per heavy atom. The average Bonchev–Trinajstić information content (AvgIpc) is 2.73. The number of fused-ring (bicyclic) bond motifs is 1. The Labute approximate surface area is 120 Å². The van der Waals surface area contributed by atoms with E-state index in [1.54, 1.807) is 0 Å². The summed E-state index contributed by atoms with van der Waals surface area (Å²) in [5.41, 5.74) is 3.61. The molecule has 0 spiro atoms. The van der Waals surface area contributed by atoms with E-state index in [2.05, 4.69) is 43.5 Å². The normalized spacial score (nSPS) is 13.1. The van der Waals surface area contributed by atoms with Crippen molar-refractivity contribution in [3.8, 4) is 0 Å². The molecule has 0 fully saturated rings. The van der Waals surface area contributed by atoms with Crippen LogP contribution >= 0.6 is 11.6 Å². The maximum Gasteiger partial charge on any atom is 0.111 e. The number of nitrogens with zero attached hydrogens (tertiary/aromatic N) is 2. The zero-order valence-corrected chi connectivity index (χ0v) is 12.9. The van der Waals surface area contributed by atoms with Crippen molar-refractivity contribution in [1.29, 1.82) is 0 Å². The van der Waals surface area contributed by atoms with E-state index in [0.29, 0.717) is 11.9 Å². The molecule has 2 nitrogen and oxygen atoms in total. The van der Waals surface area contributed by atoms with E-state index in [0.717, 1.165) is 17.8 Å². The molecule has 2 aromatic rings. The van der Waals surface area contributed by atoms with Gasteiger partial charge in [-0.2, -0.15) is 0 Å². The molecule has 1 aromatic carbocycles. The van der Waals surface area contributed by atoms with Gasteiger partial charge in [-0.1, -0.05) is 25.8 Å². The number of rotatable bonds is 6. The van der Waals surface area contributed by atoms with Crippen LogP contribution in [-0.2, 0) is 6.42 Å². The highest BCUT2D eigenvalue weighted by atomic mass is 35.5. The van der Waals surface area contributed by atoms with Crippen molar-refractivity contribution in [2.24, 2.45) is 0 Å². The summed E-state index contributed by atoms with van der Waals surface area (Å²) in [7, 11) is 0. The largest absolute Gasteiger partial charge is 0.325 e. The molecule has 1 unspecified atom stereocenters. The molecule has 0 saturated carbocycles. The van der Waals surface area contributed by atoms with Crippen LogP contribution in [0.3, 0.4) is 0 Å². The summed E-state index contributed by atoms with van der Waals surface area (Å²) in [5, 5.41) is 0. The van der Waals surface area contributed by atoms with Crippen molar-refractivity contribution in [3.63, 3.8) is 0 Å². The first kappa shape index (κ1) is 14.4. The topological polar surface area (TPSA) is 17.8 Å². The summed E-state index contributed by atoms with van der Waals surface area (Å²) < 4.78 is 2.38. The lowest BCUT2D eigenvalue weighted by Crippen LogP contribution is -2.10. The fourth-order valence-electron chi connectivity index (χ4n) is 2.64. The minimum Gasteiger partial charge on any atom is -0.325 e. The number of unbranched alkanes of at least 4 members (excludes halogenated alkanes) is 1. The number of aryl methyl sites for hydroxylation is 2. The molecule has 19 heavy (non-hydrogen) atoms. The van der Waals surface area contributed by atoms with E-state index in [4.69, 9.17) is 16.6 Å². The van der Waals surface area contributed by atoms with Crippen LogP contribution in [0.4, 0.5) is 0 Å². The summed E-state index contributed by atoms with van der Waals surface area (Å²) in [5.74, 6) is 1.75. The minimum absolute atomic E-state index is 0.492. The molecule has 0 bridgehead atoms. The second-order valence-corrected chi connectivity index (χ2v) is 5.70. The van der Waals surface area contributed by atoms with E-state index in [-0.39, 0.29) is 0 Å². The van der Waals surface area contributed by atoms with E-state index in [1.165, 1.54) is 30.3 Å². The number of hydrogen-bond acceptors (Lipinski definition) is 1. The molecule has 0 saturated heterocycles. The molecule has 3 heteroatoms. The first-order chi connectivity index (χ1) is 9.17. The third kappa shape index (κ3) is 3.11. The fourth-order valence-corrected chi connectivity index (χ4v) is 2.81. The van der Waals surface area contributed by atoms with Gasteiger partial charge in [0, 0.05) is 18.3 Å². The smallest absolute Gasteiger partial charge is 0.111 e. The van der Waals surface area contributed by atoms with Gasteiger partial charge in [0.2, 0.25) is 0 Å². The predicted molar refractivity (Wildman–Crippen MR) is 83.1 cm³/mol. The molecule has 0 N–H and O–H groups in total. The Bertz CT molecular complexity index is 545. The maximum atomic E-state index is 5.92. The van der Waals surface area contributed by atoms with Crippen molar-refractivity contribution < 1.29 is 0 Å². The molecule has 104 valence electrons. The van der Waals surface area contributed by atoms with Crippen LogP contribution in [0.2, 0.25) is 0 Å². The molecule has 0 radical (unpaired) electrons. The molecule has 0 amide bonds. The number of alkyl halides is 1. The molecule has 0 aliphatic carbocycles. The zero-order valence-electron chi connectivity index (χ0n) is 12.1. The Kier molecular flexibility index (Phi) is 4.87. The van der Waals surface area contributed by atoms with Gasteiger partial charge in [0.05, 0.1) is 11.0 Å². The summed E-state index contributed by atoms with van der Waals surface area (Å²) in [6.45, 7) is 6.64. The number of hydrogen-bond donors (Lipinski definition) is 0. The lowest BCUT2D eigenvalue weighted by atomic mass is 10.1. The van der Waals surface area contributed by atoms with Crippen molar-refractivity contribution in [3.05, 3.63) is 29.6 Å². The summed E-state index contributed by atoms with van der Waals surface area (Å²) in [6, 6.07) is 7.01. The molecule has 0 aliphatic heterocycles. The lowest BCUT2D eigenvalue weighted by molar-refractivity contribution is 0.482. The predicted octanol–water partition coefficient (Wildman–Crippen LogP) is 4.88. The van der Waals surface area contributed by atoms with Gasteiger partial charge in [-0.15, -0.1) is 11.6 Å². The third-order valence-electron chi connectivity index (χ3n) is 3.65. The van der Waals surface area contributed by atoms with Crippen LogP contribution in [0.15, 0.2) is 18.2 Å². The van der Waals surface area contributed by atoms with Crippen molar-refractivity contribution >= 4 is 22.6 Å². The lowest BCUT2D eigenvalue weighted by Gasteiger charge is -2.17. The first-order valence-corrected chi connectivity index (χ1v) is 7.74. The van der Waals surface area contributed by atoms with Crippen LogP contribution in [0, 0.1) is 6.92 Å². The SMILES string of the molecule is CCCCC(C)n1c(CCCl)nc2cc(C)ccc21. The van der Waals surface area contributed by atoms with Crippen LogP contribution in [0.25, 0.3) is 11.0 Å². The van der Waals surface area contributed by atoms with Gasteiger partial charge in [-0.25, -0.2) is 4.98 Å². The molecular formula is C16H23ClN2. The Morgan fingerprint density at radius 1 is 1.37 bits per heavy atom. The monoisotopic (exact) mass is 278 g/mol. The van der Waals surface area contributed by atoms with Gasteiger partial charge in [0.1, 0.15) is 5.82 Å². The third-order valence-corrected chi connectivity index (χ3v) is 3.84. The van der Waals surface area contributed by atoms with Crippen molar-refractivity contribution in [1.82, 2.24) is 9.55 Å². The van der Waals surface area contributed by atoms with Gasteiger partial charge in [0.25, 0.3) is 0 Å². The van der Waals surface area contributed by atoms with Gasteiger partial charge in [-0.05, 0) is 38.0 Å². The van der Waals surface area contributed by atoms with Gasteiger partial charge < -0.3 is 4.57 Å². The Balaban J connectivity index is 2.45. The highest BCUT2D eigenvalue weighted by molar-refractivity contribution is 6.17. The summed E-state index contributed by atoms with van der Waals surface area (Å²) in [4.78, 5) is 4.77. The molecular weight excluding hydrogens is 256 g/mol. The minimum atomic E-state index is 0.492. The maximum absolute atomic E-state index is 5.92. The molecule has 1 atom stereocenters. The second-order valence-electron chi connectivity index (χ2n) is 5.32. The standard InChI is InChI=1S/C16H23ClN2/c1-4-5-6-13(3)19-15-8-7-12(2)11-14(15)18-16(19)9-10-17/h7-8,11,13H,4-6,9-10H2,1-3H3. The number of aromatic nitrogens is 2. The van der Waals surface area contributed by atoms with Gasteiger partial charge >= 0.3 is 0 Å². The van der Waals surface area contributed by atoms with Crippen LogP contribution in [0.1, 0.15) is 50.5 Å². The highest BCUT2D eigenvalue weighted by Crippen LogP contribution is 2.25. The van der Waals surface area contributed by atoms with Gasteiger partial charge in [-0.3, -0.25) is 0 Å². The van der Waals surface area contributed by atoms with Crippen LogP contribution < -0.4 is 0 Å². The number of halogens is 1.